The minimum atomic E-state index is -0.646. The Morgan fingerprint density at radius 1 is 1.33 bits per heavy atom. The molecule has 2 N–H and O–H groups in total. The molecule has 1 saturated heterocycles. The van der Waals surface area contributed by atoms with Crippen molar-refractivity contribution in [3.63, 3.8) is 0 Å². The first kappa shape index (κ1) is 19.0. The van der Waals surface area contributed by atoms with Crippen molar-refractivity contribution in [3.05, 3.63) is 41.9 Å². The number of likely N-dealkylation sites (N-methyl/N-ethyl adjacent to an activating group) is 2. The Morgan fingerprint density at radius 3 is 2.78 bits per heavy atom. The summed E-state index contributed by atoms with van der Waals surface area (Å²) >= 11 is 0. The predicted molar refractivity (Wildman–Crippen MR) is 102 cm³/mol. The van der Waals surface area contributed by atoms with Crippen molar-refractivity contribution >= 4 is 23.3 Å². The lowest BCUT2D eigenvalue weighted by molar-refractivity contribution is -0.129. The van der Waals surface area contributed by atoms with Crippen molar-refractivity contribution in [2.75, 3.05) is 43.9 Å². The molecule has 7 nitrogen and oxygen atoms in total. The van der Waals surface area contributed by atoms with Crippen molar-refractivity contribution in [3.8, 4) is 0 Å². The highest BCUT2D eigenvalue weighted by molar-refractivity contribution is 5.96. The number of carbonyl (C=O) groups excluding carboxylic acids is 2. The predicted octanol–water partition coefficient (Wildman–Crippen LogP) is 1.46. The van der Waals surface area contributed by atoms with Gasteiger partial charge in [0.25, 0.3) is 0 Å². The molecule has 1 aromatic rings. The van der Waals surface area contributed by atoms with Gasteiger partial charge in [0.1, 0.15) is 17.7 Å². The van der Waals surface area contributed by atoms with Gasteiger partial charge in [-0.25, -0.2) is 9.37 Å². The molecule has 1 atom stereocenters. The molecule has 0 aromatic carbocycles. The SMILES string of the molecule is CNC(C(=O)Nc1ccc(N2CCN(C)C(=O)C2)cn1)C1=CCCC(F)=C1. The second kappa shape index (κ2) is 8.30. The third kappa shape index (κ3) is 4.51. The summed E-state index contributed by atoms with van der Waals surface area (Å²) in [4.78, 5) is 32.3. The lowest BCUT2D eigenvalue weighted by atomic mass is 9.99. The Kier molecular flexibility index (Phi) is 5.85. The Morgan fingerprint density at radius 2 is 2.15 bits per heavy atom. The first-order valence-corrected chi connectivity index (χ1v) is 8.97. The van der Waals surface area contributed by atoms with Gasteiger partial charge >= 0.3 is 0 Å². The van der Waals surface area contributed by atoms with Crippen LogP contribution in [0.15, 0.2) is 41.9 Å². The maximum absolute atomic E-state index is 13.5. The van der Waals surface area contributed by atoms with Gasteiger partial charge in [-0.1, -0.05) is 6.08 Å². The van der Waals surface area contributed by atoms with Gasteiger partial charge in [0.05, 0.1) is 18.4 Å². The van der Waals surface area contributed by atoms with Crippen LogP contribution in [-0.2, 0) is 9.59 Å². The van der Waals surface area contributed by atoms with Crippen LogP contribution in [-0.4, -0.2) is 61.5 Å². The molecule has 1 aliphatic carbocycles. The summed E-state index contributed by atoms with van der Waals surface area (Å²) in [6.07, 6.45) is 5.87. The fraction of sp³-hybridized carbons (Fsp3) is 0.421. The van der Waals surface area contributed by atoms with Crippen LogP contribution in [0.5, 0.6) is 0 Å². The maximum Gasteiger partial charge on any atom is 0.247 e. The van der Waals surface area contributed by atoms with Gasteiger partial charge in [-0.05, 0) is 37.3 Å². The van der Waals surface area contributed by atoms with E-state index in [1.807, 2.05) is 17.0 Å². The summed E-state index contributed by atoms with van der Waals surface area (Å²) in [5, 5.41) is 5.67. The number of nitrogens with one attached hydrogen (secondary N) is 2. The van der Waals surface area contributed by atoms with Crippen LogP contribution in [0.1, 0.15) is 12.8 Å². The summed E-state index contributed by atoms with van der Waals surface area (Å²) in [7, 11) is 3.45. The number of carbonyl (C=O) groups is 2. The minimum absolute atomic E-state index is 0.0662. The number of anilines is 2. The largest absolute Gasteiger partial charge is 0.359 e. The van der Waals surface area contributed by atoms with Crippen LogP contribution < -0.4 is 15.5 Å². The molecule has 0 bridgehead atoms. The number of hydrogen-bond acceptors (Lipinski definition) is 5. The van der Waals surface area contributed by atoms with E-state index in [9.17, 15) is 14.0 Å². The number of rotatable bonds is 5. The summed E-state index contributed by atoms with van der Waals surface area (Å²) in [5.41, 5.74) is 1.45. The standard InChI is InChI=1S/C19H24FN5O2/c1-21-18(13-4-3-5-14(20)10-13)19(27)23-16-7-6-15(11-22-16)25-9-8-24(2)17(26)12-25/h4,6-7,10-11,18,21H,3,5,8-9,12H2,1-2H3,(H,22,23,27). The van der Waals surface area contributed by atoms with Gasteiger partial charge < -0.3 is 20.4 Å². The highest BCUT2D eigenvalue weighted by Gasteiger charge is 2.23. The third-order valence-corrected chi connectivity index (χ3v) is 4.79. The number of aromatic nitrogens is 1. The van der Waals surface area contributed by atoms with E-state index >= 15 is 0 Å². The van der Waals surface area contributed by atoms with Gasteiger partial charge in [-0.3, -0.25) is 9.59 Å². The van der Waals surface area contributed by atoms with Crippen LogP contribution in [0.4, 0.5) is 15.9 Å². The Hall–Kier alpha value is -2.74. The third-order valence-electron chi connectivity index (χ3n) is 4.79. The lowest BCUT2D eigenvalue weighted by Gasteiger charge is -2.33. The topological polar surface area (TPSA) is 77.6 Å². The van der Waals surface area contributed by atoms with E-state index in [1.165, 1.54) is 6.08 Å². The molecule has 144 valence electrons. The first-order valence-electron chi connectivity index (χ1n) is 8.97. The molecule has 3 rings (SSSR count). The molecule has 1 fully saturated rings. The van der Waals surface area contributed by atoms with Gasteiger partial charge in [-0.2, -0.15) is 0 Å². The van der Waals surface area contributed by atoms with Gasteiger partial charge in [0.2, 0.25) is 11.8 Å². The van der Waals surface area contributed by atoms with E-state index in [1.54, 1.807) is 31.3 Å². The molecule has 2 amide bonds. The molecule has 1 aromatic heterocycles. The second-order valence-corrected chi connectivity index (χ2v) is 6.68. The van der Waals surface area contributed by atoms with E-state index in [0.29, 0.717) is 37.3 Å². The van der Waals surface area contributed by atoms with Crippen molar-refractivity contribution in [2.45, 2.75) is 18.9 Å². The molecule has 2 aliphatic rings. The van der Waals surface area contributed by atoms with Crippen molar-refractivity contribution in [2.24, 2.45) is 0 Å². The lowest BCUT2D eigenvalue weighted by Crippen LogP contribution is -2.48. The molecule has 1 aliphatic heterocycles. The van der Waals surface area contributed by atoms with Gasteiger partial charge in [0.15, 0.2) is 0 Å². The quantitative estimate of drug-likeness (QED) is 0.817. The Labute approximate surface area is 157 Å². The number of nitrogens with zero attached hydrogens (tertiary/aromatic N) is 3. The number of hydrogen-bond donors (Lipinski definition) is 2. The van der Waals surface area contributed by atoms with E-state index in [2.05, 4.69) is 15.6 Å². The zero-order chi connectivity index (χ0) is 19.4. The zero-order valence-electron chi connectivity index (χ0n) is 15.5. The highest BCUT2D eigenvalue weighted by Crippen LogP contribution is 2.22. The van der Waals surface area contributed by atoms with E-state index < -0.39 is 6.04 Å². The number of piperazine rings is 1. The molecule has 2 heterocycles. The molecule has 0 radical (unpaired) electrons. The van der Waals surface area contributed by atoms with E-state index in [4.69, 9.17) is 0 Å². The summed E-state index contributed by atoms with van der Waals surface area (Å²) in [6.45, 7) is 1.72. The molecular weight excluding hydrogens is 349 g/mol. The number of allylic oxidation sites excluding steroid dienone is 2. The van der Waals surface area contributed by atoms with Crippen molar-refractivity contribution < 1.29 is 14.0 Å². The average Bonchev–Trinajstić information content (AvgIpc) is 2.65. The van der Waals surface area contributed by atoms with Gasteiger partial charge in [0, 0.05) is 26.6 Å². The molecule has 0 spiro atoms. The first-order chi connectivity index (χ1) is 13.0. The molecule has 0 saturated carbocycles. The molecule has 1 unspecified atom stereocenters. The highest BCUT2D eigenvalue weighted by atomic mass is 19.1. The smallest absolute Gasteiger partial charge is 0.247 e. The molecule has 27 heavy (non-hydrogen) atoms. The number of pyridine rings is 1. The molecular formula is C19H24FN5O2. The summed E-state index contributed by atoms with van der Waals surface area (Å²) < 4.78 is 13.5. The van der Waals surface area contributed by atoms with Crippen LogP contribution in [0.25, 0.3) is 0 Å². The zero-order valence-corrected chi connectivity index (χ0v) is 15.5. The van der Waals surface area contributed by atoms with Gasteiger partial charge in [-0.15, -0.1) is 0 Å². The monoisotopic (exact) mass is 373 g/mol. The minimum Gasteiger partial charge on any atom is -0.359 e. The number of halogens is 1. The van der Waals surface area contributed by atoms with Crippen LogP contribution in [0.3, 0.4) is 0 Å². The van der Waals surface area contributed by atoms with Crippen molar-refractivity contribution in [1.29, 1.82) is 0 Å². The van der Waals surface area contributed by atoms with Crippen LogP contribution in [0, 0.1) is 0 Å². The summed E-state index contributed by atoms with van der Waals surface area (Å²) in [5.74, 6) is -0.0451. The molecule has 8 heteroatoms. The van der Waals surface area contributed by atoms with Crippen LogP contribution >= 0.6 is 0 Å². The number of amides is 2. The maximum atomic E-state index is 13.5. The van der Waals surface area contributed by atoms with E-state index in [-0.39, 0.29) is 17.6 Å². The normalized spacial score (nSPS) is 18.7. The Bertz CT molecular complexity index is 775. The van der Waals surface area contributed by atoms with Crippen molar-refractivity contribution in [1.82, 2.24) is 15.2 Å². The van der Waals surface area contributed by atoms with E-state index in [0.717, 1.165) is 12.2 Å². The fourth-order valence-electron chi connectivity index (χ4n) is 3.16. The van der Waals surface area contributed by atoms with Crippen LogP contribution in [0.2, 0.25) is 0 Å². The average molecular weight is 373 g/mol. The second-order valence-electron chi connectivity index (χ2n) is 6.68. The Balaban J connectivity index is 1.64. The summed E-state index contributed by atoms with van der Waals surface area (Å²) in [6, 6.07) is 2.89. The fourth-order valence-corrected chi connectivity index (χ4v) is 3.16.